The summed E-state index contributed by atoms with van der Waals surface area (Å²) in [6.45, 7) is 1.57. The normalized spacial score (nSPS) is 15.8. The van der Waals surface area contributed by atoms with Crippen molar-refractivity contribution >= 4 is 54.7 Å². The van der Waals surface area contributed by atoms with E-state index in [4.69, 9.17) is 0 Å². The number of nitrogens with zero attached hydrogens (tertiary/aromatic N) is 4. The van der Waals surface area contributed by atoms with Crippen LogP contribution in [0.3, 0.4) is 0 Å². The van der Waals surface area contributed by atoms with E-state index in [0.29, 0.717) is 15.2 Å². The van der Waals surface area contributed by atoms with E-state index in [1.165, 1.54) is 11.3 Å². The van der Waals surface area contributed by atoms with Gasteiger partial charge in [-0.15, -0.1) is 16.4 Å². The first-order chi connectivity index (χ1) is 12.3. The second-order valence-corrected chi connectivity index (χ2v) is 8.69. The Hall–Kier alpha value is -1.13. The van der Waals surface area contributed by atoms with Gasteiger partial charge in [0.2, 0.25) is 0 Å². The largest absolute Gasteiger partial charge is 0.433 e. The third kappa shape index (κ3) is 3.27. The Balaban J connectivity index is 1.93. The van der Waals surface area contributed by atoms with Crippen LogP contribution >= 0.6 is 43.2 Å². The number of hydrogen-bond donors (Lipinski definition) is 0. The summed E-state index contributed by atoms with van der Waals surface area (Å²) in [5.41, 5.74) is -0.364. The van der Waals surface area contributed by atoms with Crippen molar-refractivity contribution in [3.63, 3.8) is 0 Å². The standard InChI is InChI=1S/C16H13Br2F3N4S/c17-9-6-11(26-8-9)10-7-12(16(19,20)21)25-14(22-10)13(18)15(23-25)24-4-2-1-3-5-24/h6-8H,1-5H2. The van der Waals surface area contributed by atoms with Gasteiger partial charge in [-0.1, -0.05) is 0 Å². The van der Waals surface area contributed by atoms with Gasteiger partial charge in [0, 0.05) is 22.9 Å². The van der Waals surface area contributed by atoms with Gasteiger partial charge in [0.05, 0.1) is 10.6 Å². The third-order valence-corrected chi connectivity index (χ3v) is 6.70. The van der Waals surface area contributed by atoms with Crippen LogP contribution in [0, 0.1) is 0 Å². The number of aromatic nitrogens is 3. The van der Waals surface area contributed by atoms with Crippen molar-refractivity contribution in [2.45, 2.75) is 25.4 Å². The SMILES string of the molecule is FC(F)(F)c1cc(-c2cc(Br)cs2)nc2c(Br)c(N3CCCCC3)nn12. The lowest BCUT2D eigenvalue weighted by atomic mass is 10.1. The molecule has 1 saturated heterocycles. The highest BCUT2D eigenvalue weighted by Gasteiger charge is 2.36. The van der Waals surface area contributed by atoms with Crippen LogP contribution in [0.2, 0.25) is 0 Å². The molecule has 0 radical (unpaired) electrons. The molecule has 0 aromatic carbocycles. The summed E-state index contributed by atoms with van der Waals surface area (Å²) >= 11 is 8.11. The number of rotatable bonds is 2. The minimum atomic E-state index is -4.53. The molecule has 0 unspecified atom stereocenters. The molecule has 0 spiro atoms. The van der Waals surface area contributed by atoms with E-state index in [1.807, 2.05) is 10.3 Å². The molecule has 3 aromatic heterocycles. The lowest BCUT2D eigenvalue weighted by Gasteiger charge is -2.26. The molecule has 0 bridgehead atoms. The number of piperidine rings is 1. The number of thiophene rings is 1. The van der Waals surface area contributed by atoms with Crippen LogP contribution in [-0.4, -0.2) is 27.7 Å². The molecular weight excluding hydrogens is 497 g/mol. The Bertz CT molecular complexity index is 960. The molecule has 4 nitrogen and oxygen atoms in total. The van der Waals surface area contributed by atoms with E-state index in [0.717, 1.165) is 47.4 Å². The topological polar surface area (TPSA) is 33.4 Å². The van der Waals surface area contributed by atoms with Crippen LogP contribution in [0.1, 0.15) is 25.0 Å². The predicted octanol–water partition coefficient (Wildman–Crippen LogP) is 5.99. The molecule has 138 valence electrons. The van der Waals surface area contributed by atoms with Crippen molar-refractivity contribution in [1.29, 1.82) is 0 Å². The number of hydrogen-bond acceptors (Lipinski definition) is 4. The molecule has 3 aromatic rings. The van der Waals surface area contributed by atoms with Crippen molar-refractivity contribution < 1.29 is 13.2 Å². The number of fused-ring (bicyclic) bond motifs is 1. The molecule has 0 amide bonds. The molecule has 0 saturated carbocycles. The maximum absolute atomic E-state index is 13.7. The first-order valence-corrected chi connectivity index (χ1v) is 10.5. The lowest BCUT2D eigenvalue weighted by molar-refractivity contribution is -0.142. The molecule has 1 aliphatic rings. The fourth-order valence-electron chi connectivity index (χ4n) is 3.06. The first kappa shape index (κ1) is 18.2. The maximum atomic E-state index is 13.7. The molecule has 0 N–H and O–H groups in total. The van der Waals surface area contributed by atoms with Crippen LogP contribution in [0.4, 0.5) is 19.0 Å². The maximum Gasteiger partial charge on any atom is 0.433 e. The number of anilines is 1. The van der Waals surface area contributed by atoms with Gasteiger partial charge in [-0.25, -0.2) is 9.50 Å². The summed E-state index contributed by atoms with van der Waals surface area (Å²) in [6, 6.07) is 2.82. The molecular formula is C16H13Br2F3N4S. The Morgan fingerprint density at radius 2 is 1.81 bits per heavy atom. The van der Waals surface area contributed by atoms with Gasteiger partial charge in [-0.2, -0.15) is 13.2 Å². The van der Waals surface area contributed by atoms with Crippen molar-refractivity contribution in [3.8, 4) is 10.6 Å². The minimum absolute atomic E-state index is 0.180. The molecule has 0 aliphatic carbocycles. The molecule has 1 aliphatic heterocycles. The molecule has 0 atom stereocenters. The zero-order chi connectivity index (χ0) is 18.5. The molecule has 1 fully saturated rings. The fourth-order valence-corrected chi connectivity index (χ4v) is 5.04. The lowest BCUT2D eigenvalue weighted by Crippen LogP contribution is -2.30. The highest BCUT2D eigenvalue weighted by molar-refractivity contribution is 9.11. The predicted molar refractivity (Wildman–Crippen MR) is 103 cm³/mol. The van der Waals surface area contributed by atoms with Crippen LogP contribution < -0.4 is 4.90 Å². The smallest absolute Gasteiger partial charge is 0.354 e. The number of alkyl halides is 3. The Kier molecular flexibility index (Phi) is 4.77. The van der Waals surface area contributed by atoms with E-state index in [9.17, 15) is 13.2 Å². The summed E-state index contributed by atoms with van der Waals surface area (Å²) in [6.07, 6.45) is -1.39. The van der Waals surface area contributed by atoms with Crippen molar-refractivity contribution in [2.24, 2.45) is 0 Å². The van der Waals surface area contributed by atoms with E-state index in [-0.39, 0.29) is 11.3 Å². The second-order valence-electron chi connectivity index (χ2n) is 6.07. The monoisotopic (exact) mass is 508 g/mol. The highest BCUT2D eigenvalue weighted by atomic mass is 79.9. The van der Waals surface area contributed by atoms with Crippen LogP contribution in [-0.2, 0) is 6.18 Å². The van der Waals surface area contributed by atoms with Gasteiger partial charge in [-0.3, -0.25) is 0 Å². The molecule has 4 heterocycles. The molecule has 10 heteroatoms. The summed E-state index contributed by atoms with van der Waals surface area (Å²) in [5.74, 6) is 0.521. The third-order valence-electron chi connectivity index (χ3n) is 4.28. The summed E-state index contributed by atoms with van der Waals surface area (Å²) in [4.78, 5) is 7.15. The number of halogens is 5. The van der Waals surface area contributed by atoms with Crippen molar-refractivity contribution in [2.75, 3.05) is 18.0 Å². The zero-order valence-electron chi connectivity index (χ0n) is 13.4. The van der Waals surface area contributed by atoms with E-state index in [1.54, 1.807) is 6.07 Å². The summed E-state index contributed by atoms with van der Waals surface area (Å²) in [7, 11) is 0. The van der Waals surface area contributed by atoms with Gasteiger partial charge in [0.1, 0.15) is 4.47 Å². The Labute approximate surface area is 168 Å². The molecule has 4 rings (SSSR count). The Morgan fingerprint density at radius 1 is 1.08 bits per heavy atom. The quantitative estimate of drug-likeness (QED) is 0.425. The van der Waals surface area contributed by atoms with Crippen LogP contribution in [0.5, 0.6) is 0 Å². The van der Waals surface area contributed by atoms with Gasteiger partial charge in [0.25, 0.3) is 0 Å². The van der Waals surface area contributed by atoms with Crippen LogP contribution in [0.15, 0.2) is 26.5 Å². The Morgan fingerprint density at radius 3 is 2.42 bits per heavy atom. The fraction of sp³-hybridized carbons (Fsp3) is 0.375. The van der Waals surface area contributed by atoms with Crippen molar-refractivity contribution in [3.05, 3.63) is 32.2 Å². The van der Waals surface area contributed by atoms with E-state index in [2.05, 4.69) is 41.9 Å². The van der Waals surface area contributed by atoms with E-state index >= 15 is 0 Å². The van der Waals surface area contributed by atoms with Gasteiger partial charge in [-0.05, 0) is 63.3 Å². The minimum Gasteiger partial charge on any atom is -0.354 e. The summed E-state index contributed by atoms with van der Waals surface area (Å²) < 4.78 is 43.3. The molecule has 26 heavy (non-hydrogen) atoms. The van der Waals surface area contributed by atoms with Gasteiger partial charge >= 0.3 is 6.18 Å². The van der Waals surface area contributed by atoms with Gasteiger partial charge < -0.3 is 4.90 Å². The average molecular weight is 510 g/mol. The van der Waals surface area contributed by atoms with Crippen molar-refractivity contribution in [1.82, 2.24) is 14.6 Å². The van der Waals surface area contributed by atoms with Gasteiger partial charge in [0.15, 0.2) is 17.2 Å². The first-order valence-electron chi connectivity index (χ1n) is 8.00. The average Bonchev–Trinajstić information content (AvgIpc) is 3.18. The van der Waals surface area contributed by atoms with E-state index < -0.39 is 11.9 Å². The summed E-state index contributed by atoms with van der Waals surface area (Å²) in [5, 5.41) is 6.07. The zero-order valence-corrected chi connectivity index (χ0v) is 17.3. The van der Waals surface area contributed by atoms with Crippen LogP contribution in [0.25, 0.3) is 16.2 Å². The second kappa shape index (κ2) is 6.79. The highest BCUT2D eigenvalue weighted by Crippen LogP contribution is 2.38.